The van der Waals surface area contributed by atoms with Gasteiger partial charge in [-0.3, -0.25) is 71.9 Å². The average Bonchev–Trinajstić information content (AvgIpc) is 1.87. The Bertz CT molecular complexity index is 2920. The van der Waals surface area contributed by atoms with E-state index in [-0.39, 0.29) is 19.3 Å². The van der Waals surface area contributed by atoms with Gasteiger partial charge in [0, 0.05) is 30.4 Å². The summed E-state index contributed by atoms with van der Waals surface area (Å²) in [5, 5.41) is 35.3. The molecular weight excluding hydrogens is 1190 g/mol. The van der Waals surface area contributed by atoms with Gasteiger partial charge in [0.1, 0.15) is 84.6 Å². The quantitative estimate of drug-likeness (QED) is 0.0279. The Kier molecular flexibility index (Phi) is 32.8. The molecule has 0 aliphatic heterocycles. The minimum atomic E-state index is -1.27. The first-order chi connectivity index (χ1) is 42.6. The molecule has 15 amide bonds. The van der Waals surface area contributed by atoms with Crippen molar-refractivity contribution in [2.45, 2.75) is 213 Å². The minimum absolute atomic E-state index is 0.104. The number of hydrogen-bond donors (Lipinski definition) is 18. The zero-order valence-electron chi connectivity index (χ0n) is 53.7. The number of unbranched alkanes of at least 4 members (excludes halogenated alkanes) is 2. The summed E-state index contributed by atoms with van der Waals surface area (Å²) in [6.07, 6.45) is 4.33. The van der Waals surface area contributed by atoms with Crippen molar-refractivity contribution in [1.29, 1.82) is 0 Å². The second kappa shape index (κ2) is 38.3. The highest BCUT2D eigenvalue weighted by molar-refractivity contribution is 6.00. The van der Waals surface area contributed by atoms with E-state index in [2.05, 4.69) is 79.4 Å². The number of hydrogen-bond acceptors (Lipinski definition) is 17. The summed E-state index contributed by atoms with van der Waals surface area (Å²) in [5.41, 5.74) is 18.1. The number of aromatic amines is 1. The molecule has 506 valence electrons. The van der Waals surface area contributed by atoms with Gasteiger partial charge in [0.2, 0.25) is 88.6 Å². The number of carbonyl (C=O) groups is 15. The Balaban J connectivity index is 1.84. The summed E-state index contributed by atoms with van der Waals surface area (Å²) < 4.78 is 0. The van der Waals surface area contributed by atoms with E-state index in [0.29, 0.717) is 38.8 Å². The SMILES string of the molecule is CC(=O)N[C@@H](Cc1c[nH]c2ccccc12)C(=O)N[C@@H](CCCCN)C(=O)N[C@@H](C)C(=O)N[C@@H](C)C(=O)N[C@@H](C)C(=O)N[C@@H](C)C(=O)N[C@@H](C)C(=O)N[C@@H](C)C(=O)N[C@@H](C)C(=O)N[C@@H](C)C(=O)N[C@@H](C)C(=O)N[C@@H](C)C(=O)N[C@@H](C)C(=O)N[C@@H](CCCCN)C(N)=O. The molecule has 2 rings (SSSR count). The molecule has 0 saturated carbocycles. The van der Waals surface area contributed by atoms with Gasteiger partial charge < -0.3 is 96.6 Å². The Morgan fingerprint density at radius 3 is 0.912 bits per heavy atom. The van der Waals surface area contributed by atoms with E-state index >= 15 is 0 Å². The van der Waals surface area contributed by atoms with Gasteiger partial charge >= 0.3 is 0 Å². The molecule has 14 atom stereocenters. The fourth-order valence-electron chi connectivity index (χ4n) is 8.50. The number of carbonyl (C=O) groups excluding carboxylic acids is 15. The summed E-state index contributed by atoms with van der Waals surface area (Å²) >= 11 is 0. The van der Waals surface area contributed by atoms with Crippen molar-refractivity contribution in [1.82, 2.24) is 79.4 Å². The van der Waals surface area contributed by atoms with Gasteiger partial charge in [-0.2, -0.15) is 0 Å². The molecule has 33 heteroatoms. The third-order valence-electron chi connectivity index (χ3n) is 14.3. The summed E-state index contributed by atoms with van der Waals surface area (Å²) in [7, 11) is 0. The Morgan fingerprint density at radius 1 is 0.352 bits per heavy atom. The summed E-state index contributed by atoms with van der Waals surface area (Å²) in [5.74, 6) is -11.4. The van der Waals surface area contributed by atoms with Crippen LogP contribution in [0.25, 0.3) is 10.9 Å². The van der Waals surface area contributed by atoms with Gasteiger partial charge in [-0.15, -0.1) is 0 Å². The van der Waals surface area contributed by atoms with Crippen LogP contribution < -0.4 is 91.6 Å². The van der Waals surface area contributed by atoms with E-state index in [0.717, 1.165) is 16.5 Å². The molecule has 1 aromatic carbocycles. The van der Waals surface area contributed by atoms with Crippen LogP contribution in [-0.4, -0.2) is 191 Å². The normalized spacial score (nSPS) is 15.6. The minimum Gasteiger partial charge on any atom is -0.368 e. The van der Waals surface area contributed by atoms with E-state index in [1.165, 1.54) is 83.1 Å². The van der Waals surface area contributed by atoms with Crippen LogP contribution in [0, 0.1) is 0 Å². The second-order valence-corrected chi connectivity index (χ2v) is 22.4. The van der Waals surface area contributed by atoms with Crippen LogP contribution >= 0.6 is 0 Å². The summed E-state index contributed by atoms with van der Waals surface area (Å²) in [6.45, 7) is 16.4. The Hall–Kier alpha value is -9.27. The summed E-state index contributed by atoms with van der Waals surface area (Å²) in [4.78, 5) is 197. The molecule has 21 N–H and O–H groups in total. The molecule has 0 spiro atoms. The van der Waals surface area contributed by atoms with Crippen molar-refractivity contribution in [2.75, 3.05) is 13.1 Å². The molecule has 2 aromatic rings. The van der Waals surface area contributed by atoms with E-state index in [4.69, 9.17) is 17.2 Å². The van der Waals surface area contributed by atoms with E-state index in [1.54, 1.807) is 6.20 Å². The molecular formula is C58H94N18O15. The molecule has 0 aliphatic carbocycles. The lowest BCUT2D eigenvalue weighted by Crippen LogP contribution is -2.59. The summed E-state index contributed by atoms with van der Waals surface area (Å²) in [6, 6.07) is -9.34. The Morgan fingerprint density at radius 2 is 0.615 bits per heavy atom. The van der Waals surface area contributed by atoms with Crippen molar-refractivity contribution in [3.8, 4) is 0 Å². The average molecular weight is 1280 g/mol. The highest BCUT2D eigenvalue weighted by Gasteiger charge is 2.33. The fourth-order valence-corrected chi connectivity index (χ4v) is 8.50. The molecule has 0 aliphatic rings. The fraction of sp³-hybridized carbons (Fsp3) is 0.603. The first-order valence-electron chi connectivity index (χ1n) is 30.1. The second-order valence-electron chi connectivity index (χ2n) is 22.4. The number of nitrogens with one attached hydrogen (secondary N) is 15. The highest BCUT2D eigenvalue weighted by atomic mass is 16.2. The monoisotopic (exact) mass is 1280 g/mol. The first-order valence-corrected chi connectivity index (χ1v) is 30.1. The standard InChI is InChI=1S/C58H94N18O15/c1-27(46(79)64-29(3)48(81)66-31(5)50(83)68-33(7)52(85)70-35(9)54(87)72-37(11)56(89)75-42(45(61)78)21-15-17-23-59)63-47(80)28(2)65-49(82)30(4)67-51(84)32(6)69-53(86)34(8)71-55(88)36(10)73-57(90)43(22-16-18-24-60)76-58(91)44(74-38(12)77)25-39-26-62-41-20-14-13-19-40(39)41/h13-14,19-20,26-37,42-44,62H,15-18,21-25,59-60H2,1-12H3,(H2,61,78)(H,63,80)(H,64,79)(H,65,82)(H,66,81)(H,67,84)(H,68,83)(H,69,86)(H,70,85)(H,71,88)(H,72,87)(H,73,90)(H,74,77)(H,75,89)(H,76,91)/t27-,28-,29-,30-,31-,32-,33-,34-,35-,36-,37-,42-,43-,44-/m0/s1. The van der Waals surface area contributed by atoms with Gasteiger partial charge in [-0.05, 0) is 139 Å². The van der Waals surface area contributed by atoms with Gasteiger partial charge in [-0.25, -0.2) is 0 Å². The Labute approximate surface area is 528 Å². The number of para-hydroxylation sites is 1. The van der Waals surface area contributed by atoms with E-state index in [1.807, 2.05) is 24.3 Å². The van der Waals surface area contributed by atoms with Gasteiger partial charge in [0.05, 0.1) is 0 Å². The number of H-pyrrole nitrogens is 1. The smallest absolute Gasteiger partial charge is 0.243 e. The maximum absolute atomic E-state index is 13.7. The lowest BCUT2D eigenvalue weighted by Gasteiger charge is -2.25. The molecule has 33 nitrogen and oxygen atoms in total. The number of rotatable bonds is 38. The molecule has 1 aromatic heterocycles. The van der Waals surface area contributed by atoms with Crippen molar-refractivity contribution < 1.29 is 71.9 Å². The molecule has 0 fully saturated rings. The van der Waals surface area contributed by atoms with Crippen LogP contribution in [0.3, 0.4) is 0 Å². The topological polar surface area (TPSA) is 518 Å². The van der Waals surface area contributed by atoms with Crippen LogP contribution in [0.5, 0.6) is 0 Å². The number of nitrogens with two attached hydrogens (primary N) is 3. The molecule has 0 unspecified atom stereocenters. The lowest BCUT2D eigenvalue weighted by molar-refractivity contribution is -0.135. The molecule has 0 saturated heterocycles. The largest absolute Gasteiger partial charge is 0.368 e. The zero-order chi connectivity index (χ0) is 69.0. The van der Waals surface area contributed by atoms with Crippen LogP contribution in [0.1, 0.15) is 127 Å². The highest BCUT2D eigenvalue weighted by Crippen LogP contribution is 2.19. The molecule has 1 heterocycles. The number of fused-ring (bicyclic) bond motifs is 1. The van der Waals surface area contributed by atoms with E-state index in [9.17, 15) is 71.9 Å². The van der Waals surface area contributed by atoms with E-state index < -0.39 is 173 Å². The van der Waals surface area contributed by atoms with Gasteiger partial charge in [0.25, 0.3) is 0 Å². The molecule has 91 heavy (non-hydrogen) atoms. The first kappa shape index (κ1) is 77.8. The lowest BCUT2D eigenvalue weighted by atomic mass is 10.0. The van der Waals surface area contributed by atoms with Crippen LogP contribution in [0.2, 0.25) is 0 Å². The van der Waals surface area contributed by atoms with Gasteiger partial charge in [-0.1, -0.05) is 18.2 Å². The van der Waals surface area contributed by atoms with Crippen LogP contribution in [0.4, 0.5) is 0 Å². The van der Waals surface area contributed by atoms with Crippen molar-refractivity contribution >= 4 is 99.5 Å². The predicted molar refractivity (Wildman–Crippen MR) is 332 cm³/mol. The van der Waals surface area contributed by atoms with Gasteiger partial charge in [0.15, 0.2) is 0 Å². The van der Waals surface area contributed by atoms with Crippen molar-refractivity contribution in [3.05, 3.63) is 36.0 Å². The molecule has 0 bridgehead atoms. The molecule has 0 radical (unpaired) electrons. The number of amides is 15. The van der Waals surface area contributed by atoms with Crippen molar-refractivity contribution in [2.24, 2.45) is 17.2 Å². The maximum Gasteiger partial charge on any atom is 0.243 e. The number of aromatic nitrogens is 1. The van der Waals surface area contributed by atoms with Crippen molar-refractivity contribution in [3.63, 3.8) is 0 Å². The zero-order valence-corrected chi connectivity index (χ0v) is 53.7. The predicted octanol–water partition coefficient (Wildman–Crippen LogP) is -5.52. The maximum atomic E-state index is 13.7. The third kappa shape index (κ3) is 26.8. The van der Waals surface area contributed by atoms with Crippen LogP contribution in [-0.2, 0) is 78.3 Å². The number of primary amides is 1. The van der Waals surface area contributed by atoms with Crippen LogP contribution in [0.15, 0.2) is 30.5 Å². The number of benzene rings is 1. The third-order valence-corrected chi connectivity index (χ3v) is 14.3.